The molecule has 2 heterocycles. The van der Waals surface area contributed by atoms with E-state index in [1.807, 2.05) is 7.05 Å². The number of nitrogens with one attached hydrogen (secondary N) is 2. The topological polar surface area (TPSA) is 42.9 Å². The standard InChI is InChI=1S/C21H35N5.HI/c1-3-25-14-10-18(11-15-25)9-13-23-21(22-2)24-19-12-16-26(17-19)20-7-5-4-6-8-20;/h4-8,18-19H,3,9-17H2,1-2H3,(H2,22,23,24);1H. The maximum Gasteiger partial charge on any atom is 0.191 e. The van der Waals surface area contributed by atoms with E-state index in [0.29, 0.717) is 6.04 Å². The number of piperidine rings is 1. The lowest BCUT2D eigenvalue weighted by atomic mass is 9.93. The first-order valence-corrected chi connectivity index (χ1v) is 10.3. The van der Waals surface area contributed by atoms with Gasteiger partial charge in [0.1, 0.15) is 0 Å². The number of rotatable bonds is 6. The van der Waals surface area contributed by atoms with Crippen LogP contribution < -0.4 is 15.5 Å². The third-order valence-corrected chi connectivity index (χ3v) is 5.87. The third-order valence-electron chi connectivity index (χ3n) is 5.87. The lowest BCUT2D eigenvalue weighted by Gasteiger charge is -2.31. The van der Waals surface area contributed by atoms with Gasteiger partial charge in [0.25, 0.3) is 0 Å². The Kier molecular flexibility index (Phi) is 9.68. The predicted molar refractivity (Wildman–Crippen MR) is 126 cm³/mol. The zero-order valence-electron chi connectivity index (χ0n) is 16.9. The van der Waals surface area contributed by atoms with E-state index in [9.17, 15) is 0 Å². The molecule has 2 saturated heterocycles. The normalized spacial score (nSPS) is 21.8. The van der Waals surface area contributed by atoms with Crippen LogP contribution in [0.15, 0.2) is 35.3 Å². The maximum absolute atomic E-state index is 4.42. The maximum atomic E-state index is 4.42. The number of nitrogens with zero attached hydrogens (tertiary/aromatic N) is 3. The Morgan fingerprint density at radius 3 is 2.52 bits per heavy atom. The Hall–Kier alpha value is -1.02. The van der Waals surface area contributed by atoms with E-state index in [0.717, 1.165) is 37.9 Å². The molecular weight excluding hydrogens is 449 g/mol. The second-order valence-electron chi connectivity index (χ2n) is 7.58. The van der Waals surface area contributed by atoms with E-state index >= 15 is 0 Å². The molecule has 6 heteroatoms. The Bertz CT molecular complexity index is 557. The minimum atomic E-state index is 0. The monoisotopic (exact) mass is 485 g/mol. The molecule has 5 nitrogen and oxygen atoms in total. The summed E-state index contributed by atoms with van der Waals surface area (Å²) in [5.41, 5.74) is 1.32. The van der Waals surface area contributed by atoms with E-state index in [2.05, 4.69) is 62.7 Å². The molecule has 1 atom stereocenters. The molecule has 3 rings (SSSR count). The van der Waals surface area contributed by atoms with Crippen LogP contribution in [0.1, 0.15) is 32.6 Å². The zero-order chi connectivity index (χ0) is 18.2. The van der Waals surface area contributed by atoms with Crippen LogP contribution in [0.5, 0.6) is 0 Å². The van der Waals surface area contributed by atoms with Crippen LogP contribution in [0.25, 0.3) is 0 Å². The van der Waals surface area contributed by atoms with Gasteiger partial charge in [0.05, 0.1) is 0 Å². The van der Waals surface area contributed by atoms with Crippen LogP contribution in [-0.4, -0.2) is 63.2 Å². The molecule has 0 saturated carbocycles. The molecule has 0 spiro atoms. The van der Waals surface area contributed by atoms with Gasteiger partial charge in [0, 0.05) is 38.4 Å². The van der Waals surface area contributed by atoms with Gasteiger partial charge in [-0.15, -0.1) is 24.0 Å². The van der Waals surface area contributed by atoms with Crippen molar-refractivity contribution in [2.75, 3.05) is 51.2 Å². The average Bonchev–Trinajstić information content (AvgIpc) is 3.17. The van der Waals surface area contributed by atoms with Gasteiger partial charge in [-0.3, -0.25) is 4.99 Å². The summed E-state index contributed by atoms with van der Waals surface area (Å²) in [5.74, 6) is 1.82. The molecule has 2 fully saturated rings. The second kappa shape index (κ2) is 11.7. The molecule has 2 aliphatic heterocycles. The van der Waals surface area contributed by atoms with Crippen molar-refractivity contribution in [2.24, 2.45) is 10.9 Å². The Labute approximate surface area is 182 Å². The molecule has 0 amide bonds. The summed E-state index contributed by atoms with van der Waals surface area (Å²) in [6, 6.07) is 11.2. The Morgan fingerprint density at radius 1 is 1.11 bits per heavy atom. The molecule has 1 aromatic carbocycles. The minimum Gasteiger partial charge on any atom is -0.369 e. The highest BCUT2D eigenvalue weighted by Crippen LogP contribution is 2.20. The van der Waals surface area contributed by atoms with Crippen molar-refractivity contribution in [1.82, 2.24) is 15.5 Å². The number of guanidine groups is 1. The summed E-state index contributed by atoms with van der Waals surface area (Å²) in [5, 5.41) is 7.14. The molecule has 0 radical (unpaired) electrons. The molecule has 2 N–H and O–H groups in total. The van der Waals surface area contributed by atoms with Gasteiger partial charge >= 0.3 is 0 Å². The Morgan fingerprint density at radius 2 is 1.85 bits per heavy atom. The molecule has 0 aromatic heterocycles. The molecule has 1 unspecified atom stereocenters. The van der Waals surface area contributed by atoms with Gasteiger partial charge in [-0.25, -0.2) is 0 Å². The SMILES string of the molecule is CCN1CCC(CCNC(=NC)NC2CCN(c3ccccc3)C2)CC1.I. The second-order valence-corrected chi connectivity index (χ2v) is 7.58. The highest BCUT2D eigenvalue weighted by Gasteiger charge is 2.23. The lowest BCUT2D eigenvalue weighted by molar-refractivity contribution is 0.187. The Balaban J connectivity index is 0.00000261. The average molecular weight is 485 g/mol. The van der Waals surface area contributed by atoms with Gasteiger partial charge < -0.3 is 20.4 Å². The smallest absolute Gasteiger partial charge is 0.191 e. The van der Waals surface area contributed by atoms with Gasteiger partial charge in [-0.2, -0.15) is 0 Å². The third kappa shape index (κ3) is 6.82. The van der Waals surface area contributed by atoms with Crippen LogP contribution in [0.3, 0.4) is 0 Å². The number of para-hydroxylation sites is 1. The van der Waals surface area contributed by atoms with Crippen LogP contribution in [0.2, 0.25) is 0 Å². The van der Waals surface area contributed by atoms with Crippen molar-refractivity contribution in [3.63, 3.8) is 0 Å². The zero-order valence-corrected chi connectivity index (χ0v) is 19.2. The highest BCUT2D eigenvalue weighted by molar-refractivity contribution is 14.0. The molecular formula is C21H36IN5. The van der Waals surface area contributed by atoms with Crippen LogP contribution >= 0.6 is 24.0 Å². The fraction of sp³-hybridized carbons (Fsp3) is 0.667. The number of likely N-dealkylation sites (tertiary alicyclic amines) is 1. The van der Waals surface area contributed by atoms with Crippen molar-refractivity contribution < 1.29 is 0 Å². The van der Waals surface area contributed by atoms with Crippen molar-refractivity contribution in [3.05, 3.63) is 30.3 Å². The number of halogens is 1. The van der Waals surface area contributed by atoms with Gasteiger partial charge in [-0.1, -0.05) is 25.1 Å². The van der Waals surface area contributed by atoms with Crippen molar-refractivity contribution in [3.8, 4) is 0 Å². The fourth-order valence-electron chi connectivity index (χ4n) is 4.13. The number of benzene rings is 1. The van der Waals surface area contributed by atoms with E-state index in [-0.39, 0.29) is 24.0 Å². The first kappa shape index (κ1) is 22.3. The molecule has 152 valence electrons. The molecule has 2 aliphatic rings. The number of anilines is 1. The summed E-state index contributed by atoms with van der Waals surface area (Å²) in [4.78, 5) is 9.43. The van der Waals surface area contributed by atoms with E-state index in [4.69, 9.17) is 0 Å². The van der Waals surface area contributed by atoms with Crippen molar-refractivity contribution in [2.45, 2.75) is 38.6 Å². The molecule has 1 aromatic rings. The molecule has 0 aliphatic carbocycles. The summed E-state index contributed by atoms with van der Waals surface area (Å²) in [6.07, 6.45) is 5.09. The predicted octanol–water partition coefficient (Wildman–Crippen LogP) is 3.17. The first-order valence-electron chi connectivity index (χ1n) is 10.3. The quantitative estimate of drug-likeness (QED) is 0.369. The van der Waals surface area contributed by atoms with Gasteiger partial charge in [0.2, 0.25) is 0 Å². The number of hydrogen-bond acceptors (Lipinski definition) is 3. The lowest BCUT2D eigenvalue weighted by Crippen LogP contribution is -2.45. The number of aliphatic imine (C=N–C) groups is 1. The van der Waals surface area contributed by atoms with Crippen LogP contribution in [0, 0.1) is 5.92 Å². The summed E-state index contributed by atoms with van der Waals surface area (Å²) >= 11 is 0. The summed E-state index contributed by atoms with van der Waals surface area (Å²) in [7, 11) is 1.87. The van der Waals surface area contributed by atoms with Crippen molar-refractivity contribution >= 4 is 35.6 Å². The summed E-state index contributed by atoms with van der Waals surface area (Å²) < 4.78 is 0. The fourth-order valence-corrected chi connectivity index (χ4v) is 4.13. The van der Waals surface area contributed by atoms with E-state index in [1.54, 1.807) is 0 Å². The molecule has 0 bridgehead atoms. The van der Waals surface area contributed by atoms with Crippen LogP contribution in [0.4, 0.5) is 5.69 Å². The highest BCUT2D eigenvalue weighted by atomic mass is 127. The summed E-state index contributed by atoms with van der Waals surface area (Å²) in [6.45, 7) is 9.17. The molecule has 27 heavy (non-hydrogen) atoms. The van der Waals surface area contributed by atoms with E-state index in [1.165, 1.54) is 44.6 Å². The number of hydrogen-bond donors (Lipinski definition) is 2. The minimum absolute atomic E-state index is 0. The largest absolute Gasteiger partial charge is 0.369 e. The van der Waals surface area contributed by atoms with Crippen LogP contribution in [-0.2, 0) is 0 Å². The van der Waals surface area contributed by atoms with Crippen molar-refractivity contribution in [1.29, 1.82) is 0 Å². The van der Waals surface area contributed by atoms with E-state index < -0.39 is 0 Å². The first-order chi connectivity index (χ1) is 12.8. The van der Waals surface area contributed by atoms with Gasteiger partial charge in [-0.05, 0) is 63.4 Å². The van der Waals surface area contributed by atoms with Gasteiger partial charge in [0.15, 0.2) is 5.96 Å².